The molecule has 0 fully saturated rings. The standard InChI is InChI=1S/C86H82N4O/c1-82(2,3)58-40-41-87-78(50-58)90-75-37-22-21-31-69(75)70-39-38-65(52-76(70)90)91-64-29-23-28-63(51-64)88-53-89-80-67(57-44-61(85(10,11)12)49-62(45-57)86(13,14)15)34-25-36-73(80)72-35-24-33-66(54-26-17-16-18-27-54)79(72)71-32-20-19-30-68(71)74-46-56(47-77(88)81(74)89)55-42-59(83(4,5)6)48-60(43-55)84(7,8)9/h16-52H,1-15H3/i16D,17D,18D,26D,27D. The van der Waals surface area contributed by atoms with Crippen LogP contribution < -0.4 is 9.30 Å². The number of fused-ring (bicyclic) bond motifs is 10. The zero-order chi connectivity index (χ0) is 68.0. The molecule has 0 spiro atoms. The maximum atomic E-state index is 9.57. The van der Waals surface area contributed by atoms with Crippen molar-refractivity contribution in [3.05, 3.63) is 259 Å². The van der Waals surface area contributed by atoms with Crippen molar-refractivity contribution in [2.75, 3.05) is 0 Å². The summed E-state index contributed by atoms with van der Waals surface area (Å²) >= 11 is 0. The van der Waals surface area contributed by atoms with Gasteiger partial charge in [-0.2, -0.15) is 0 Å². The molecule has 1 aliphatic heterocycles. The fourth-order valence-corrected chi connectivity index (χ4v) is 13.2. The zero-order valence-electron chi connectivity index (χ0n) is 60.2. The molecule has 0 saturated heterocycles. The van der Waals surface area contributed by atoms with E-state index >= 15 is 0 Å². The van der Waals surface area contributed by atoms with Crippen LogP contribution in [-0.4, -0.2) is 14.1 Å². The lowest BCUT2D eigenvalue weighted by Crippen LogP contribution is -2.32. The van der Waals surface area contributed by atoms with Crippen molar-refractivity contribution in [1.82, 2.24) is 14.1 Å². The first-order valence-electron chi connectivity index (χ1n) is 34.4. The van der Waals surface area contributed by atoms with Crippen LogP contribution in [0.2, 0.25) is 0 Å². The molecular weight excluding hydrogens is 1100 g/mol. The molecule has 0 aliphatic carbocycles. The minimum atomic E-state index is -0.436. The highest BCUT2D eigenvalue weighted by Gasteiger charge is 2.31. The van der Waals surface area contributed by atoms with Crippen molar-refractivity contribution in [3.63, 3.8) is 0 Å². The van der Waals surface area contributed by atoms with Crippen molar-refractivity contribution >= 4 is 32.8 Å². The summed E-state index contributed by atoms with van der Waals surface area (Å²) < 4.78 is 59.8. The number of rotatable bonds is 7. The van der Waals surface area contributed by atoms with Crippen LogP contribution in [-0.2, 0) is 27.1 Å². The second kappa shape index (κ2) is 21.6. The molecule has 0 unspecified atom stereocenters. The van der Waals surface area contributed by atoms with E-state index in [2.05, 4.69) is 288 Å². The summed E-state index contributed by atoms with van der Waals surface area (Å²) in [5.74, 6) is 2.16. The molecule has 3 aromatic heterocycles. The molecule has 0 radical (unpaired) electrons. The van der Waals surface area contributed by atoms with Crippen LogP contribution in [0.3, 0.4) is 0 Å². The Bertz CT molecular complexity index is 5270. The molecule has 0 saturated carbocycles. The molecular formula is C86H82N4O. The predicted molar refractivity (Wildman–Crippen MR) is 382 cm³/mol. The van der Waals surface area contributed by atoms with E-state index < -0.39 is 6.04 Å². The van der Waals surface area contributed by atoms with Gasteiger partial charge in [0.1, 0.15) is 17.3 Å². The molecule has 452 valence electrons. The number of hydrogen-bond acceptors (Lipinski definition) is 2. The summed E-state index contributed by atoms with van der Waals surface area (Å²) in [6.45, 7) is 34.0. The number of para-hydroxylation sites is 2. The van der Waals surface area contributed by atoms with Gasteiger partial charge in [0.05, 0.1) is 40.3 Å². The van der Waals surface area contributed by atoms with Crippen LogP contribution >= 0.6 is 0 Å². The van der Waals surface area contributed by atoms with Crippen LogP contribution in [0.5, 0.6) is 11.5 Å². The minimum absolute atomic E-state index is 0.0800. The Kier molecular flexibility index (Phi) is 12.6. The highest BCUT2D eigenvalue weighted by Crippen LogP contribution is 2.50. The molecule has 5 nitrogen and oxygen atoms in total. The quantitative estimate of drug-likeness (QED) is 0.118. The molecule has 13 aromatic rings. The Balaban J connectivity index is 1.09. The summed E-state index contributed by atoms with van der Waals surface area (Å²) in [6.07, 6.45) is 6.01. The largest absolute Gasteiger partial charge is 0.458 e. The zero-order valence-corrected chi connectivity index (χ0v) is 55.2. The lowest BCUT2D eigenvalue weighted by Gasteiger charge is -2.27. The number of ether oxygens (including phenoxy) is 1. The van der Waals surface area contributed by atoms with Crippen molar-refractivity contribution in [2.24, 2.45) is 0 Å². The molecule has 91 heavy (non-hydrogen) atoms. The lowest BCUT2D eigenvalue weighted by molar-refractivity contribution is -0.570. The van der Waals surface area contributed by atoms with Crippen molar-refractivity contribution in [2.45, 2.75) is 131 Å². The van der Waals surface area contributed by atoms with Gasteiger partial charge in [-0.25, -0.2) is 4.98 Å². The van der Waals surface area contributed by atoms with E-state index in [0.29, 0.717) is 17.1 Å². The molecule has 1 aliphatic rings. The van der Waals surface area contributed by atoms with Crippen LogP contribution in [0.1, 0.15) is 139 Å². The monoisotopic (exact) mass is 1190 g/mol. The van der Waals surface area contributed by atoms with Crippen molar-refractivity contribution in [3.8, 4) is 95.5 Å². The first-order chi connectivity index (χ1) is 45.3. The van der Waals surface area contributed by atoms with E-state index in [0.717, 1.165) is 106 Å². The second-order valence-corrected chi connectivity index (χ2v) is 30.0. The third-order valence-corrected chi connectivity index (χ3v) is 18.4. The average molecular weight is 1190 g/mol. The van der Waals surface area contributed by atoms with Gasteiger partial charge >= 0.3 is 0 Å². The molecule has 4 heterocycles. The van der Waals surface area contributed by atoms with Crippen LogP contribution in [0.15, 0.2) is 224 Å². The Hall–Kier alpha value is -9.58. The van der Waals surface area contributed by atoms with Crippen molar-refractivity contribution in [1.29, 1.82) is 0 Å². The molecule has 10 aromatic carbocycles. The summed E-state index contributed by atoms with van der Waals surface area (Å²) in [7, 11) is 0. The Morgan fingerprint density at radius 3 is 1.62 bits per heavy atom. The Morgan fingerprint density at radius 1 is 0.396 bits per heavy atom. The number of hydrogen-bond donors (Lipinski definition) is 0. The molecule has 0 bridgehead atoms. The first-order valence-corrected chi connectivity index (χ1v) is 31.9. The van der Waals surface area contributed by atoms with E-state index in [-0.39, 0.29) is 56.8 Å². The molecule has 0 atom stereocenters. The molecule has 0 amide bonds. The van der Waals surface area contributed by atoms with Gasteiger partial charge in [-0.15, -0.1) is 0 Å². The lowest BCUT2D eigenvalue weighted by atomic mass is 9.78. The van der Waals surface area contributed by atoms with Crippen LogP contribution in [0.4, 0.5) is 0 Å². The fraction of sp³-hybridized carbons (Fsp3) is 0.233. The number of benzene rings is 10. The van der Waals surface area contributed by atoms with Crippen LogP contribution in [0, 0.1) is 6.33 Å². The van der Waals surface area contributed by atoms with Gasteiger partial charge in [-0.05, 0) is 176 Å². The topological polar surface area (TPSA) is 35.9 Å². The van der Waals surface area contributed by atoms with E-state index in [9.17, 15) is 2.74 Å². The molecule has 0 N–H and O–H groups in total. The van der Waals surface area contributed by atoms with E-state index in [1.54, 1.807) is 0 Å². The minimum Gasteiger partial charge on any atom is -0.458 e. The number of nitrogens with zero attached hydrogens (tertiary/aromatic N) is 4. The van der Waals surface area contributed by atoms with Gasteiger partial charge in [0.2, 0.25) is 0 Å². The third kappa shape index (κ3) is 10.7. The summed E-state index contributed by atoms with van der Waals surface area (Å²) in [5, 5.41) is 2.23. The number of pyridine rings is 1. The second-order valence-electron chi connectivity index (χ2n) is 30.0. The normalized spacial score (nSPS) is 13.5. The van der Waals surface area contributed by atoms with Gasteiger partial charge in [-0.1, -0.05) is 261 Å². The number of aromatic nitrogens is 4. The SMILES string of the molecule is [2H]c1c([2H])c([2H])c(-c2cccc3c2-c2ccccc2-c2cc(-c4cc(C(C)(C)C)cc(C(C)(C)C)c4)cc4c2[n+]([c-]n4-c2cccc(Oc4ccc5c6ccccc6n(-c6cc(C(C)(C)C)ccn6)c5c4)c2)-c2c(-c4cc(C(C)(C)C)cc(C(C)(C)C)c4)cccc2-3)c([2H])c1[2H]. The smallest absolute Gasteiger partial charge is 0.269 e. The summed E-state index contributed by atoms with van der Waals surface area (Å²) in [6, 6.07) is 65.5. The molecule has 5 heteroatoms. The summed E-state index contributed by atoms with van der Waals surface area (Å²) in [5.41, 5.74) is 20.7. The van der Waals surface area contributed by atoms with Crippen LogP contribution in [0.25, 0.3) is 117 Å². The van der Waals surface area contributed by atoms with Gasteiger partial charge in [0.15, 0.2) is 0 Å². The molecule has 14 rings (SSSR count). The highest BCUT2D eigenvalue weighted by atomic mass is 16.5. The van der Waals surface area contributed by atoms with E-state index in [1.165, 1.54) is 27.8 Å². The van der Waals surface area contributed by atoms with E-state index in [4.69, 9.17) is 13.8 Å². The number of imidazole rings is 1. The average Bonchev–Trinajstić information content (AvgIpc) is 1.51. The van der Waals surface area contributed by atoms with Gasteiger partial charge in [0.25, 0.3) is 6.33 Å². The summed E-state index contributed by atoms with van der Waals surface area (Å²) in [4.78, 5) is 4.97. The Labute approximate surface area is 545 Å². The predicted octanol–water partition coefficient (Wildman–Crippen LogP) is 22.8. The van der Waals surface area contributed by atoms with Gasteiger partial charge in [0, 0.05) is 23.0 Å². The fourth-order valence-electron chi connectivity index (χ4n) is 13.2. The first kappa shape index (κ1) is 53.3. The van der Waals surface area contributed by atoms with Gasteiger partial charge in [-0.3, -0.25) is 13.7 Å². The third-order valence-electron chi connectivity index (χ3n) is 18.4. The maximum Gasteiger partial charge on any atom is 0.269 e. The van der Waals surface area contributed by atoms with Crippen molar-refractivity contribution < 1.29 is 16.2 Å². The van der Waals surface area contributed by atoms with E-state index in [1.807, 2.05) is 30.5 Å². The maximum absolute atomic E-state index is 9.57. The highest BCUT2D eigenvalue weighted by molar-refractivity contribution is 6.10. The Morgan fingerprint density at radius 2 is 0.945 bits per heavy atom. The van der Waals surface area contributed by atoms with Gasteiger partial charge < -0.3 is 4.74 Å².